The number of hydrogen-bond acceptors (Lipinski definition) is 5. The van der Waals surface area contributed by atoms with E-state index in [1.807, 2.05) is 30.3 Å². The van der Waals surface area contributed by atoms with Gasteiger partial charge in [0.1, 0.15) is 11.4 Å². The van der Waals surface area contributed by atoms with Gasteiger partial charge in [-0.2, -0.15) is 0 Å². The molecule has 0 saturated heterocycles. The first-order valence-electron chi connectivity index (χ1n) is 10.2. The summed E-state index contributed by atoms with van der Waals surface area (Å²) in [4.78, 5) is 37.7. The maximum Gasteiger partial charge on any atom is 0.269 e. The van der Waals surface area contributed by atoms with Gasteiger partial charge in [-0.25, -0.2) is 12.7 Å². The molecule has 0 bridgehead atoms. The lowest BCUT2D eigenvalue weighted by Crippen LogP contribution is -2.37. The van der Waals surface area contributed by atoms with E-state index in [1.54, 1.807) is 30.3 Å². The number of sulfonamides is 1. The van der Waals surface area contributed by atoms with Gasteiger partial charge in [-0.1, -0.05) is 54.6 Å². The quantitative estimate of drug-likeness (QED) is 0.559. The Hall–Kier alpha value is -3.98. The van der Waals surface area contributed by atoms with Crippen LogP contribution in [-0.2, 0) is 21.2 Å². The first-order valence-corrected chi connectivity index (χ1v) is 11.7. The van der Waals surface area contributed by atoms with Gasteiger partial charge in [-0.05, 0) is 36.2 Å². The minimum absolute atomic E-state index is 0.0310. The molecule has 3 aromatic rings. The Kier molecular flexibility index (Phi) is 6.23. The van der Waals surface area contributed by atoms with Crippen molar-refractivity contribution in [2.45, 2.75) is 11.3 Å². The van der Waals surface area contributed by atoms with Crippen LogP contribution in [0.25, 0.3) is 0 Å². The maximum absolute atomic E-state index is 12.7. The molecule has 3 aromatic carbocycles. The van der Waals surface area contributed by atoms with E-state index < -0.39 is 28.4 Å². The first kappa shape index (κ1) is 22.2. The van der Waals surface area contributed by atoms with Crippen molar-refractivity contribution in [3.8, 4) is 0 Å². The Morgan fingerprint density at radius 1 is 0.848 bits per heavy atom. The van der Waals surface area contributed by atoms with Crippen LogP contribution in [0.2, 0.25) is 0 Å². The molecule has 168 valence electrons. The summed E-state index contributed by atoms with van der Waals surface area (Å²) in [6.07, 6.45) is 0.649. The van der Waals surface area contributed by atoms with Crippen LogP contribution < -0.4 is 10.6 Å². The molecule has 2 N–H and O–H groups in total. The number of nitrogens with one attached hydrogen (secondary N) is 2. The van der Waals surface area contributed by atoms with Gasteiger partial charge >= 0.3 is 0 Å². The smallest absolute Gasteiger partial charge is 0.269 e. The van der Waals surface area contributed by atoms with E-state index in [-0.39, 0.29) is 27.6 Å². The van der Waals surface area contributed by atoms with Crippen molar-refractivity contribution < 1.29 is 22.8 Å². The molecule has 9 heteroatoms. The fourth-order valence-corrected chi connectivity index (χ4v) is 5.08. The number of hydrogen-bond donors (Lipinski definition) is 2. The Labute approximate surface area is 191 Å². The van der Waals surface area contributed by atoms with Crippen molar-refractivity contribution in [3.05, 3.63) is 95.6 Å². The van der Waals surface area contributed by atoms with E-state index in [2.05, 4.69) is 10.6 Å². The zero-order valence-corrected chi connectivity index (χ0v) is 18.3. The highest BCUT2D eigenvalue weighted by Crippen LogP contribution is 2.29. The van der Waals surface area contributed by atoms with Crippen LogP contribution in [0.15, 0.2) is 83.8 Å². The molecule has 1 aliphatic heterocycles. The van der Waals surface area contributed by atoms with Crippen LogP contribution in [0.5, 0.6) is 0 Å². The molecule has 0 radical (unpaired) electrons. The molecule has 0 saturated carbocycles. The molecule has 1 heterocycles. The molecule has 4 rings (SSSR count). The second-order valence-corrected chi connectivity index (χ2v) is 9.23. The fraction of sp³-hybridized carbons (Fsp3) is 0.125. The molecule has 33 heavy (non-hydrogen) atoms. The molecule has 0 spiro atoms. The van der Waals surface area contributed by atoms with Crippen molar-refractivity contribution in [1.29, 1.82) is 0 Å². The van der Waals surface area contributed by atoms with Crippen LogP contribution in [0, 0.1) is 0 Å². The number of benzene rings is 3. The Morgan fingerprint density at radius 2 is 1.52 bits per heavy atom. The van der Waals surface area contributed by atoms with Crippen LogP contribution in [-0.4, -0.2) is 43.5 Å². The van der Waals surface area contributed by atoms with Gasteiger partial charge in [0.2, 0.25) is 5.91 Å². The van der Waals surface area contributed by atoms with Gasteiger partial charge in [0, 0.05) is 6.54 Å². The van der Waals surface area contributed by atoms with Crippen molar-refractivity contribution in [1.82, 2.24) is 9.62 Å². The third kappa shape index (κ3) is 4.63. The van der Waals surface area contributed by atoms with Crippen LogP contribution >= 0.6 is 0 Å². The van der Waals surface area contributed by atoms with E-state index in [1.165, 1.54) is 18.2 Å². The number of para-hydroxylation sites is 1. The van der Waals surface area contributed by atoms with Crippen molar-refractivity contribution in [2.24, 2.45) is 0 Å². The molecular weight excluding hydrogens is 442 g/mol. The van der Waals surface area contributed by atoms with Gasteiger partial charge < -0.3 is 10.6 Å². The third-order valence-corrected chi connectivity index (χ3v) is 6.97. The number of amides is 3. The molecular formula is C24H21N3O5S. The molecule has 8 nitrogen and oxygen atoms in total. The monoisotopic (exact) mass is 463 g/mol. The second kappa shape index (κ2) is 9.25. The Bertz CT molecular complexity index is 1320. The van der Waals surface area contributed by atoms with Crippen molar-refractivity contribution >= 4 is 33.4 Å². The highest BCUT2D eigenvalue weighted by Gasteiger charge is 2.41. The molecule has 3 amide bonds. The number of carbonyl (C=O) groups is 3. The Balaban J connectivity index is 1.42. The van der Waals surface area contributed by atoms with E-state index in [4.69, 9.17) is 0 Å². The lowest BCUT2D eigenvalue weighted by atomic mass is 10.1. The number of nitrogens with zero attached hydrogens (tertiary/aromatic N) is 1. The average molecular weight is 464 g/mol. The summed E-state index contributed by atoms with van der Waals surface area (Å²) in [5.41, 5.74) is 1.57. The summed E-state index contributed by atoms with van der Waals surface area (Å²) in [5, 5.41) is 5.37. The van der Waals surface area contributed by atoms with Crippen LogP contribution in [0.4, 0.5) is 5.69 Å². The number of carbonyl (C=O) groups excluding carboxylic acids is 3. The summed E-state index contributed by atoms with van der Waals surface area (Å²) in [7, 11) is -4.10. The normalized spacial score (nSPS) is 13.9. The van der Waals surface area contributed by atoms with E-state index >= 15 is 0 Å². The van der Waals surface area contributed by atoms with E-state index in [0.29, 0.717) is 17.3 Å². The standard InChI is InChI=1S/C24H21N3O5S/c28-22(16-27-24(30)19-11-5-7-13-21(19)33(27,31)32)26-20-12-6-4-10-18(20)23(29)25-15-14-17-8-2-1-3-9-17/h1-13H,14-16H2,(H,25,29)(H,26,28). The first-order chi connectivity index (χ1) is 15.9. The summed E-state index contributed by atoms with van der Waals surface area (Å²) in [5.74, 6) is -1.86. The topological polar surface area (TPSA) is 113 Å². The third-order valence-electron chi connectivity index (χ3n) is 5.19. The zero-order valence-electron chi connectivity index (χ0n) is 17.5. The minimum atomic E-state index is -4.10. The second-order valence-electron chi connectivity index (χ2n) is 7.40. The molecule has 0 unspecified atom stereocenters. The van der Waals surface area contributed by atoms with Crippen LogP contribution in [0.3, 0.4) is 0 Å². The SMILES string of the molecule is O=C(CN1C(=O)c2ccccc2S1(=O)=O)Nc1ccccc1C(=O)NCCc1ccccc1. The largest absolute Gasteiger partial charge is 0.352 e. The number of anilines is 1. The molecule has 0 aliphatic carbocycles. The fourth-order valence-electron chi connectivity index (χ4n) is 3.56. The maximum atomic E-state index is 12.7. The van der Waals surface area contributed by atoms with E-state index in [9.17, 15) is 22.8 Å². The van der Waals surface area contributed by atoms with Gasteiger partial charge in [0.25, 0.3) is 21.8 Å². The zero-order chi connectivity index (χ0) is 23.4. The molecule has 0 aromatic heterocycles. The predicted octanol–water partition coefficient (Wildman–Crippen LogP) is 2.44. The van der Waals surface area contributed by atoms with Crippen molar-refractivity contribution in [2.75, 3.05) is 18.4 Å². The molecule has 1 aliphatic rings. The molecule has 0 fully saturated rings. The van der Waals surface area contributed by atoms with Crippen molar-refractivity contribution in [3.63, 3.8) is 0 Å². The average Bonchev–Trinajstić information content (AvgIpc) is 3.01. The van der Waals surface area contributed by atoms with Gasteiger partial charge in [-0.3, -0.25) is 14.4 Å². The number of fused-ring (bicyclic) bond motifs is 1. The highest BCUT2D eigenvalue weighted by atomic mass is 32.2. The van der Waals surface area contributed by atoms with E-state index in [0.717, 1.165) is 5.56 Å². The number of rotatable bonds is 7. The summed E-state index contributed by atoms with van der Waals surface area (Å²) in [6.45, 7) is -0.288. The summed E-state index contributed by atoms with van der Waals surface area (Å²) >= 11 is 0. The predicted molar refractivity (Wildman–Crippen MR) is 122 cm³/mol. The summed E-state index contributed by atoms with van der Waals surface area (Å²) in [6, 6.07) is 21.9. The molecule has 0 atom stereocenters. The van der Waals surface area contributed by atoms with Gasteiger partial charge in [-0.15, -0.1) is 0 Å². The van der Waals surface area contributed by atoms with Gasteiger partial charge in [0.05, 0.1) is 16.8 Å². The highest BCUT2D eigenvalue weighted by molar-refractivity contribution is 7.90. The lowest BCUT2D eigenvalue weighted by molar-refractivity contribution is -0.116. The minimum Gasteiger partial charge on any atom is -0.352 e. The Morgan fingerprint density at radius 3 is 2.27 bits per heavy atom. The van der Waals surface area contributed by atoms with Gasteiger partial charge in [0.15, 0.2) is 0 Å². The lowest BCUT2D eigenvalue weighted by Gasteiger charge is -2.16. The van der Waals surface area contributed by atoms with Crippen LogP contribution in [0.1, 0.15) is 26.3 Å². The summed E-state index contributed by atoms with van der Waals surface area (Å²) < 4.78 is 25.8.